The SMILES string of the molecule is CC(=Nc1ccccc1C)c1ccc(-n2c3ccc(-c4ccccc4)cc3c3c4c(ccc32)-c2ccc(-c3ccccc3)cc2C4(C)C)cc1. The number of benzene rings is 7. The van der Waals surface area contributed by atoms with Gasteiger partial charge in [-0.15, -0.1) is 0 Å². The standard InChI is InChI=1S/C48H38N2/c1-31-13-11-12-18-43(31)49-32(2)33-19-23-38(24-20-33)50-44-27-22-36(34-14-7-5-8-15-34)29-41(44)46-45(50)28-26-40-39-25-21-37(35-16-9-6-10-17-35)30-42(39)48(3,4)47(40)46/h5-30H,1-4H3. The molecule has 1 aromatic heterocycles. The van der Waals surface area contributed by atoms with Crippen LogP contribution in [0.4, 0.5) is 5.69 Å². The predicted octanol–water partition coefficient (Wildman–Crippen LogP) is 12.9. The molecule has 0 saturated carbocycles. The van der Waals surface area contributed by atoms with Crippen molar-refractivity contribution in [2.24, 2.45) is 4.99 Å². The minimum Gasteiger partial charge on any atom is -0.309 e. The zero-order valence-corrected chi connectivity index (χ0v) is 28.9. The van der Waals surface area contributed by atoms with Crippen molar-refractivity contribution in [1.29, 1.82) is 0 Å². The normalized spacial score (nSPS) is 13.5. The molecule has 240 valence electrons. The molecule has 50 heavy (non-hydrogen) atoms. The third-order valence-corrected chi connectivity index (χ3v) is 10.7. The first-order valence-electron chi connectivity index (χ1n) is 17.5. The number of aliphatic imine (C=N–C) groups is 1. The first-order valence-corrected chi connectivity index (χ1v) is 17.5. The first-order chi connectivity index (χ1) is 24.4. The molecule has 1 aliphatic carbocycles. The molecule has 0 atom stereocenters. The number of rotatable bonds is 5. The molecule has 2 nitrogen and oxygen atoms in total. The predicted molar refractivity (Wildman–Crippen MR) is 212 cm³/mol. The summed E-state index contributed by atoms with van der Waals surface area (Å²) in [4.78, 5) is 4.97. The van der Waals surface area contributed by atoms with E-state index in [1.54, 1.807) is 0 Å². The van der Waals surface area contributed by atoms with E-state index in [1.165, 1.54) is 71.9 Å². The van der Waals surface area contributed by atoms with E-state index in [9.17, 15) is 0 Å². The number of fused-ring (bicyclic) bond motifs is 7. The quantitative estimate of drug-likeness (QED) is 0.166. The van der Waals surface area contributed by atoms with Crippen LogP contribution in [0, 0.1) is 6.92 Å². The third kappa shape index (κ3) is 4.75. The Morgan fingerprint density at radius 2 is 1.16 bits per heavy atom. The maximum atomic E-state index is 4.97. The summed E-state index contributed by atoms with van der Waals surface area (Å²) in [5, 5.41) is 2.61. The smallest absolute Gasteiger partial charge is 0.0662 e. The molecule has 0 fully saturated rings. The largest absolute Gasteiger partial charge is 0.309 e. The molecule has 0 saturated heterocycles. The van der Waals surface area contributed by atoms with Crippen LogP contribution < -0.4 is 0 Å². The molecule has 0 amide bonds. The molecule has 0 aliphatic heterocycles. The van der Waals surface area contributed by atoms with Crippen LogP contribution in [0.15, 0.2) is 163 Å². The van der Waals surface area contributed by atoms with Gasteiger partial charge in [-0.1, -0.05) is 129 Å². The molecule has 0 radical (unpaired) electrons. The average Bonchev–Trinajstić information content (AvgIpc) is 3.60. The third-order valence-electron chi connectivity index (χ3n) is 10.7. The summed E-state index contributed by atoms with van der Waals surface area (Å²) in [6.07, 6.45) is 0. The van der Waals surface area contributed by atoms with Gasteiger partial charge in [0.15, 0.2) is 0 Å². The van der Waals surface area contributed by atoms with Crippen LogP contribution in [0.5, 0.6) is 0 Å². The van der Waals surface area contributed by atoms with Gasteiger partial charge in [0.05, 0.1) is 16.7 Å². The second kappa shape index (κ2) is 11.6. The van der Waals surface area contributed by atoms with Gasteiger partial charge < -0.3 is 4.57 Å². The Morgan fingerprint density at radius 3 is 1.86 bits per heavy atom. The van der Waals surface area contributed by atoms with E-state index < -0.39 is 0 Å². The number of nitrogens with zero attached hydrogens (tertiary/aromatic N) is 2. The van der Waals surface area contributed by atoms with Gasteiger partial charge in [0.25, 0.3) is 0 Å². The molecule has 1 heterocycles. The van der Waals surface area contributed by atoms with Gasteiger partial charge in [-0.25, -0.2) is 0 Å². The summed E-state index contributed by atoms with van der Waals surface area (Å²) >= 11 is 0. The highest BCUT2D eigenvalue weighted by Gasteiger charge is 2.38. The van der Waals surface area contributed by atoms with Gasteiger partial charge in [0.1, 0.15) is 0 Å². The first kappa shape index (κ1) is 30.1. The second-order valence-electron chi connectivity index (χ2n) is 14.1. The van der Waals surface area contributed by atoms with Crippen molar-refractivity contribution in [1.82, 2.24) is 4.57 Å². The molecule has 2 heteroatoms. The van der Waals surface area contributed by atoms with Gasteiger partial charge in [-0.3, -0.25) is 4.99 Å². The van der Waals surface area contributed by atoms with E-state index >= 15 is 0 Å². The molecule has 0 spiro atoms. The topological polar surface area (TPSA) is 17.3 Å². The van der Waals surface area contributed by atoms with Crippen molar-refractivity contribution in [2.45, 2.75) is 33.1 Å². The number of aromatic nitrogens is 1. The van der Waals surface area contributed by atoms with Gasteiger partial charge in [-0.05, 0) is 112 Å². The van der Waals surface area contributed by atoms with E-state index in [0.29, 0.717) is 0 Å². The molecule has 7 aromatic carbocycles. The second-order valence-corrected chi connectivity index (χ2v) is 14.1. The highest BCUT2D eigenvalue weighted by molar-refractivity contribution is 6.15. The lowest BCUT2D eigenvalue weighted by Gasteiger charge is -2.23. The Hall–Kier alpha value is -5.99. The number of hydrogen-bond acceptors (Lipinski definition) is 1. The van der Waals surface area contributed by atoms with E-state index in [0.717, 1.165) is 22.6 Å². The van der Waals surface area contributed by atoms with Crippen LogP contribution in [0.25, 0.3) is 60.9 Å². The molecule has 0 bridgehead atoms. The lowest BCUT2D eigenvalue weighted by atomic mass is 9.79. The van der Waals surface area contributed by atoms with Gasteiger partial charge >= 0.3 is 0 Å². The van der Waals surface area contributed by atoms with E-state index in [4.69, 9.17) is 4.99 Å². The summed E-state index contributed by atoms with van der Waals surface area (Å²) in [7, 11) is 0. The van der Waals surface area contributed by atoms with E-state index in [2.05, 4.69) is 184 Å². The summed E-state index contributed by atoms with van der Waals surface area (Å²) in [5.74, 6) is 0. The molecule has 8 aromatic rings. The molecule has 1 aliphatic rings. The average molecular weight is 643 g/mol. The highest BCUT2D eigenvalue weighted by Crippen LogP contribution is 2.54. The van der Waals surface area contributed by atoms with Gasteiger partial charge in [-0.2, -0.15) is 0 Å². The van der Waals surface area contributed by atoms with Crippen LogP contribution >= 0.6 is 0 Å². The Labute approximate surface area is 294 Å². The van der Waals surface area contributed by atoms with Crippen LogP contribution in [0.2, 0.25) is 0 Å². The van der Waals surface area contributed by atoms with E-state index in [-0.39, 0.29) is 5.41 Å². The minimum atomic E-state index is -0.191. The van der Waals surface area contributed by atoms with Gasteiger partial charge in [0, 0.05) is 27.6 Å². The Balaban J connectivity index is 1.25. The fourth-order valence-electron chi connectivity index (χ4n) is 8.10. The summed E-state index contributed by atoms with van der Waals surface area (Å²) in [6, 6.07) is 57.4. The van der Waals surface area contributed by atoms with Crippen LogP contribution in [0.3, 0.4) is 0 Å². The van der Waals surface area contributed by atoms with Crippen molar-refractivity contribution >= 4 is 33.2 Å². The maximum absolute atomic E-state index is 4.97. The monoisotopic (exact) mass is 642 g/mol. The van der Waals surface area contributed by atoms with Crippen LogP contribution in [0.1, 0.15) is 43.0 Å². The zero-order chi connectivity index (χ0) is 34.0. The molecular formula is C48H38N2. The van der Waals surface area contributed by atoms with Crippen molar-refractivity contribution in [3.05, 3.63) is 180 Å². The maximum Gasteiger partial charge on any atom is 0.0662 e. The Bertz CT molecular complexity index is 2600. The zero-order valence-electron chi connectivity index (χ0n) is 28.9. The molecule has 9 rings (SSSR count). The van der Waals surface area contributed by atoms with E-state index in [1.807, 2.05) is 6.07 Å². The summed E-state index contributed by atoms with van der Waals surface area (Å²) < 4.78 is 2.45. The van der Waals surface area contributed by atoms with Crippen molar-refractivity contribution in [3.8, 4) is 39.1 Å². The minimum absolute atomic E-state index is 0.191. The lowest BCUT2D eigenvalue weighted by Crippen LogP contribution is -2.15. The molecular weight excluding hydrogens is 605 g/mol. The van der Waals surface area contributed by atoms with Crippen LogP contribution in [-0.4, -0.2) is 10.3 Å². The van der Waals surface area contributed by atoms with Crippen molar-refractivity contribution in [3.63, 3.8) is 0 Å². The number of hydrogen-bond donors (Lipinski definition) is 0. The fourth-order valence-corrected chi connectivity index (χ4v) is 8.10. The lowest BCUT2D eigenvalue weighted by molar-refractivity contribution is 0.667. The molecule has 0 unspecified atom stereocenters. The Kier molecular flexibility index (Phi) is 6.96. The van der Waals surface area contributed by atoms with Crippen molar-refractivity contribution < 1.29 is 0 Å². The summed E-state index contributed by atoms with van der Waals surface area (Å²) in [5.41, 5.74) is 18.1. The number of para-hydroxylation sites is 1. The highest BCUT2D eigenvalue weighted by atomic mass is 15.0. The van der Waals surface area contributed by atoms with Crippen molar-refractivity contribution in [2.75, 3.05) is 0 Å². The summed E-state index contributed by atoms with van der Waals surface area (Å²) in [6.45, 7) is 9.02. The number of aryl methyl sites for hydroxylation is 1. The Morgan fingerprint density at radius 1 is 0.560 bits per heavy atom. The van der Waals surface area contributed by atoms with Crippen LogP contribution in [-0.2, 0) is 5.41 Å². The fraction of sp³-hybridized carbons (Fsp3) is 0.104. The van der Waals surface area contributed by atoms with Gasteiger partial charge in [0.2, 0.25) is 0 Å². The molecule has 0 N–H and O–H groups in total.